The van der Waals surface area contributed by atoms with E-state index in [1.807, 2.05) is 43.3 Å². The highest BCUT2D eigenvalue weighted by molar-refractivity contribution is 8.13. The van der Waals surface area contributed by atoms with Crippen LogP contribution >= 0.6 is 11.8 Å². The van der Waals surface area contributed by atoms with Crippen LogP contribution in [0.3, 0.4) is 0 Å². The molecule has 0 N–H and O–H groups in total. The van der Waals surface area contributed by atoms with Crippen molar-refractivity contribution in [2.45, 2.75) is 20.4 Å². The maximum Gasteiger partial charge on any atom is 0.211 e. The molecule has 1 unspecified atom stereocenters. The van der Waals surface area contributed by atoms with Gasteiger partial charge in [0.1, 0.15) is 0 Å². The topological polar surface area (TPSA) is 53.2 Å². The number of hydrogen-bond acceptors (Lipinski definition) is 4. The fourth-order valence-corrected chi connectivity index (χ4v) is 2.11. The molecular formula is C14H16N2OS. The van der Waals surface area contributed by atoms with Gasteiger partial charge in [-0.2, -0.15) is 5.26 Å². The number of carbonyl (C=O) groups is 1. The molecule has 0 saturated carbocycles. The van der Waals surface area contributed by atoms with Gasteiger partial charge in [-0.3, -0.25) is 9.79 Å². The van der Waals surface area contributed by atoms with Crippen molar-refractivity contribution < 1.29 is 4.79 Å². The molecule has 0 spiro atoms. The van der Waals surface area contributed by atoms with E-state index in [2.05, 4.69) is 4.99 Å². The molecule has 0 aliphatic rings. The van der Waals surface area contributed by atoms with E-state index in [-0.39, 0.29) is 5.12 Å². The molecule has 94 valence electrons. The highest BCUT2D eigenvalue weighted by Gasteiger charge is 2.20. The molecule has 18 heavy (non-hydrogen) atoms. The molecule has 0 saturated heterocycles. The largest absolute Gasteiger partial charge is 0.288 e. The van der Waals surface area contributed by atoms with Gasteiger partial charge in [0.15, 0.2) is 5.92 Å². The van der Waals surface area contributed by atoms with Gasteiger partial charge in [0, 0.05) is 5.71 Å². The SMILES string of the molecule is CCSC(=O)C(C#N)C(C)=NCc1ccccc1. The van der Waals surface area contributed by atoms with E-state index in [1.165, 1.54) is 11.8 Å². The van der Waals surface area contributed by atoms with Crippen LogP contribution in [0.5, 0.6) is 0 Å². The number of aliphatic imine (C=N–C) groups is 1. The Hall–Kier alpha value is -1.60. The highest BCUT2D eigenvalue weighted by Crippen LogP contribution is 2.13. The molecule has 4 heteroatoms. The van der Waals surface area contributed by atoms with Crippen LogP contribution in [0.2, 0.25) is 0 Å². The maximum absolute atomic E-state index is 11.7. The minimum absolute atomic E-state index is 0.116. The lowest BCUT2D eigenvalue weighted by Crippen LogP contribution is -2.18. The second-order valence-corrected chi connectivity index (χ2v) is 5.03. The van der Waals surface area contributed by atoms with Gasteiger partial charge >= 0.3 is 0 Å². The molecule has 0 aliphatic heterocycles. The van der Waals surface area contributed by atoms with Crippen LogP contribution in [0, 0.1) is 17.2 Å². The molecule has 1 atom stereocenters. The van der Waals surface area contributed by atoms with Gasteiger partial charge in [-0.15, -0.1) is 0 Å². The molecule has 0 aliphatic carbocycles. The third-order valence-electron chi connectivity index (χ3n) is 2.42. The van der Waals surface area contributed by atoms with Crippen LogP contribution < -0.4 is 0 Å². The zero-order valence-corrected chi connectivity index (χ0v) is 11.4. The summed E-state index contributed by atoms with van der Waals surface area (Å²) in [6.45, 7) is 4.15. The third-order valence-corrected chi connectivity index (χ3v) is 3.23. The van der Waals surface area contributed by atoms with Gasteiger partial charge in [0.05, 0.1) is 12.6 Å². The summed E-state index contributed by atoms with van der Waals surface area (Å²) in [6.07, 6.45) is 0. The van der Waals surface area contributed by atoms with Gasteiger partial charge in [-0.05, 0) is 18.2 Å². The van der Waals surface area contributed by atoms with E-state index in [0.29, 0.717) is 18.0 Å². The van der Waals surface area contributed by atoms with Crippen molar-refractivity contribution in [2.24, 2.45) is 10.9 Å². The molecule has 0 fully saturated rings. The monoisotopic (exact) mass is 260 g/mol. The molecule has 1 aromatic rings. The minimum Gasteiger partial charge on any atom is -0.288 e. The summed E-state index contributed by atoms with van der Waals surface area (Å²) in [4.78, 5) is 16.0. The Morgan fingerprint density at radius 2 is 2.11 bits per heavy atom. The lowest BCUT2D eigenvalue weighted by molar-refractivity contribution is -0.111. The summed E-state index contributed by atoms with van der Waals surface area (Å²) >= 11 is 1.17. The van der Waals surface area contributed by atoms with Crippen LogP contribution in [-0.4, -0.2) is 16.6 Å². The van der Waals surface area contributed by atoms with Crippen molar-refractivity contribution in [3.8, 4) is 6.07 Å². The molecule has 1 aromatic carbocycles. The first kappa shape index (κ1) is 14.5. The average Bonchev–Trinajstić information content (AvgIpc) is 2.39. The molecule has 0 bridgehead atoms. The Morgan fingerprint density at radius 1 is 1.44 bits per heavy atom. The standard InChI is InChI=1S/C14H16N2OS/c1-3-18-14(17)13(9-15)11(2)16-10-12-7-5-4-6-8-12/h4-8,13H,3,10H2,1-2H3. The van der Waals surface area contributed by atoms with E-state index in [4.69, 9.17) is 5.26 Å². The van der Waals surface area contributed by atoms with Crippen LogP contribution in [0.4, 0.5) is 0 Å². The zero-order valence-electron chi connectivity index (χ0n) is 10.6. The Labute approximate surface area is 112 Å². The summed E-state index contributed by atoms with van der Waals surface area (Å²) in [5, 5.41) is 8.91. The molecule has 0 amide bonds. The average molecular weight is 260 g/mol. The Morgan fingerprint density at radius 3 is 2.67 bits per heavy atom. The molecular weight excluding hydrogens is 244 g/mol. The van der Waals surface area contributed by atoms with Crippen molar-refractivity contribution in [2.75, 3.05) is 5.75 Å². The number of hydrogen-bond donors (Lipinski definition) is 0. The minimum atomic E-state index is -0.723. The fourth-order valence-electron chi connectivity index (χ4n) is 1.43. The second kappa shape index (κ2) is 7.67. The summed E-state index contributed by atoms with van der Waals surface area (Å²) in [7, 11) is 0. The summed E-state index contributed by atoms with van der Waals surface area (Å²) in [5.74, 6) is -0.0400. The highest BCUT2D eigenvalue weighted by atomic mass is 32.2. The Balaban J connectivity index is 2.70. The van der Waals surface area contributed by atoms with Crippen molar-refractivity contribution in [1.82, 2.24) is 0 Å². The lowest BCUT2D eigenvalue weighted by atomic mass is 10.1. The van der Waals surface area contributed by atoms with Crippen molar-refractivity contribution in [3.63, 3.8) is 0 Å². The number of benzene rings is 1. The van der Waals surface area contributed by atoms with E-state index >= 15 is 0 Å². The summed E-state index contributed by atoms with van der Waals surface area (Å²) in [5.41, 5.74) is 1.66. The molecule has 1 rings (SSSR count). The number of nitriles is 1. The van der Waals surface area contributed by atoms with Gasteiger partial charge < -0.3 is 0 Å². The number of nitrogens with zero attached hydrogens (tertiary/aromatic N) is 2. The quantitative estimate of drug-likeness (QED) is 0.764. The zero-order chi connectivity index (χ0) is 13.4. The predicted octanol–water partition coefficient (Wildman–Crippen LogP) is 3.07. The van der Waals surface area contributed by atoms with Gasteiger partial charge in [-0.1, -0.05) is 49.0 Å². The smallest absolute Gasteiger partial charge is 0.211 e. The Kier molecular flexibility index (Phi) is 6.16. The van der Waals surface area contributed by atoms with E-state index in [9.17, 15) is 4.79 Å². The van der Waals surface area contributed by atoms with Crippen LogP contribution in [0.1, 0.15) is 19.4 Å². The first-order chi connectivity index (χ1) is 8.69. The van der Waals surface area contributed by atoms with Crippen LogP contribution in [0.25, 0.3) is 0 Å². The van der Waals surface area contributed by atoms with E-state index in [1.54, 1.807) is 6.92 Å². The van der Waals surface area contributed by atoms with Crippen molar-refractivity contribution >= 4 is 22.6 Å². The van der Waals surface area contributed by atoms with Gasteiger partial charge in [0.2, 0.25) is 5.12 Å². The van der Waals surface area contributed by atoms with E-state index < -0.39 is 5.92 Å². The number of rotatable bonds is 5. The normalized spacial score (nSPS) is 12.8. The van der Waals surface area contributed by atoms with E-state index in [0.717, 1.165) is 5.56 Å². The molecule has 3 nitrogen and oxygen atoms in total. The second-order valence-electron chi connectivity index (χ2n) is 3.76. The lowest BCUT2D eigenvalue weighted by Gasteiger charge is -2.06. The van der Waals surface area contributed by atoms with Gasteiger partial charge in [-0.25, -0.2) is 0 Å². The van der Waals surface area contributed by atoms with Crippen LogP contribution in [-0.2, 0) is 11.3 Å². The number of thioether (sulfide) groups is 1. The maximum atomic E-state index is 11.7. The molecule has 0 aromatic heterocycles. The molecule has 0 radical (unpaired) electrons. The molecule has 0 heterocycles. The van der Waals surface area contributed by atoms with Crippen molar-refractivity contribution in [1.29, 1.82) is 5.26 Å². The predicted molar refractivity (Wildman–Crippen MR) is 75.5 cm³/mol. The first-order valence-corrected chi connectivity index (χ1v) is 6.78. The number of carbonyl (C=O) groups excluding carboxylic acids is 1. The van der Waals surface area contributed by atoms with Crippen molar-refractivity contribution in [3.05, 3.63) is 35.9 Å². The van der Waals surface area contributed by atoms with Gasteiger partial charge in [0.25, 0.3) is 0 Å². The summed E-state index contributed by atoms with van der Waals surface area (Å²) in [6, 6.07) is 11.8. The third kappa shape index (κ3) is 4.34. The fraction of sp³-hybridized carbons (Fsp3) is 0.357. The van der Waals surface area contributed by atoms with Crippen LogP contribution in [0.15, 0.2) is 35.3 Å². The first-order valence-electron chi connectivity index (χ1n) is 5.80. The summed E-state index contributed by atoms with van der Waals surface area (Å²) < 4.78 is 0. The Bertz CT molecular complexity index is 462.